The lowest BCUT2D eigenvalue weighted by Crippen LogP contribution is -2.38. The third-order valence-electron chi connectivity index (χ3n) is 3.68. The van der Waals surface area contributed by atoms with Crippen molar-refractivity contribution >= 4 is 21.6 Å². The van der Waals surface area contributed by atoms with E-state index in [9.17, 15) is 22.0 Å². The Bertz CT molecular complexity index is 901. The maximum absolute atomic E-state index is 13.4. The summed E-state index contributed by atoms with van der Waals surface area (Å²) in [6.45, 7) is 1.87. The Labute approximate surface area is 151 Å². The van der Waals surface area contributed by atoms with Gasteiger partial charge in [0.1, 0.15) is 0 Å². The number of nitrogens with zero attached hydrogens (tertiary/aromatic N) is 1. The molecule has 26 heavy (non-hydrogen) atoms. The molecule has 1 amide bonds. The number of carbonyl (C=O) groups excluding carboxylic acids is 1. The van der Waals surface area contributed by atoms with E-state index in [0.717, 1.165) is 33.8 Å². The average Bonchev–Trinajstić information content (AvgIpc) is 2.53. The van der Waals surface area contributed by atoms with Gasteiger partial charge in [-0.2, -0.15) is 0 Å². The second-order valence-corrected chi connectivity index (χ2v) is 7.86. The molecule has 0 radical (unpaired) electrons. The first-order chi connectivity index (χ1) is 12.2. The van der Waals surface area contributed by atoms with Crippen LogP contribution >= 0.6 is 0 Å². The molecule has 0 saturated carbocycles. The van der Waals surface area contributed by atoms with Gasteiger partial charge >= 0.3 is 0 Å². The summed E-state index contributed by atoms with van der Waals surface area (Å²) in [6, 6.07) is 10.3. The van der Waals surface area contributed by atoms with Crippen LogP contribution < -0.4 is 9.62 Å². The Hall–Kier alpha value is -2.48. The van der Waals surface area contributed by atoms with E-state index in [-0.39, 0.29) is 31.1 Å². The number of anilines is 1. The van der Waals surface area contributed by atoms with Crippen molar-refractivity contribution in [3.63, 3.8) is 0 Å². The summed E-state index contributed by atoms with van der Waals surface area (Å²) in [5, 5.41) is 2.64. The molecule has 8 heteroatoms. The zero-order chi connectivity index (χ0) is 19.3. The number of hydrogen-bond donors (Lipinski definition) is 1. The molecular weight excluding hydrogens is 362 g/mol. The SMILES string of the molecule is Cc1cccc(CC(=O)NCCN(c2ccc(F)c(F)c2)S(C)(=O)=O)c1. The fourth-order valence-electron chi connectivity index (χ4n) is 2.49. The Morgan fingerprint density at radius 3 is 2.46 bits per heavy atom. The highest BCUT2D eigenvalue weighted by molar-refractivity contribution is 7.92. The molecule has 0 heterocycles. The van der Waals surface area contributed by atoms with Gasteiger partial charge in [0.25, 0.3) is 0 Å². The largest absolute Gasteiger partial charge is 0.354 e. The van der Waals surface area contributed by atoms with Crippen molar-refractivity contribution in [3.8, 4) is 0 Å². The summed E-state index contributed by atoms with van der Waals surface area (Å²) in [7, 11) is -3.72. The molecule has 5 nitrogen and oxygen atoms in total. The highest BCUT2D eigenvalue weighted by Crippen LogP contribution is 2.20. The van der Waals surface area contributed by atoms with Crippen LogP contribution in [0.4, 0.5) is 14.5 Å². The van der Waals surface area contributed by atoms with Crippen LogP contribution in [0.5, 0.6) is 0 Å². The van der Waals surface area contributed by atoms with E-state index < -0.39 is 21.7 Å². The van der Waals surface area contributed by atoms with Crippen LogP contribution in [0.3, 0.4) is 0 Å². The number of nitrogens with one attached hydrogen (secondary N) is 1. The van der Waals surface area contributed by atoms with Gasteiger partial charge in [-0.25, -0.2) is 17.2 Å². The molecular formula is C18H20F2N2O3S. The Morgan fingerprint density at radius 1 is 1.12 bits per heavy atom. The van der Waals surface area contributed by atoms with Crippen LogP contribution in [0.2, 0.25) is 0 Å². The molecule has 0 aromatic heterocycles. The van der Waals surface area contributed by atoms with Crippen molar-refractivity contribution < 1.29 is 22.0 Å². The second-order valence-electron chi connectivity index (χ2n) is 5.95. The lowest BCUT2D eigenvalue weighted by atomic mass is 10.1. The van der Waals surface area contributed by atoms with E-state index >= 15 is 0 Å². The maximum atomic E-state index is 13.4. The van der Waals surface area contributed by atoms with Crippen molar-refractivity contribution in [3.05, 3.63) is 65.2 Å². The zero-order valence-electron chi connectivity index (χ0n) is 14.5. The Kier molecular flexibility index (Phi) is 6.31. The number of aryl methyl sites for hydroxylation is 1. The number of benzene rings is 2. The van der Waals surface area contributed by atoms with E-state index in [0.29, 0.717) is 0 Å². The summed E-state index contributed by atoms with van der Waals surface area (Å²) in [5.74, 6) is -2.46. The summed E-state index contributed by atoms with van der Waals surface area (Å²) in [4.78, 5) is 12.0. The van der Waals surface area contributed by atoms with Crippen LogP contribution in [0.1, 0.15) is 11.1 Å². The predicted molar refractivity (Wildman–Crippen MR) is 96.4 cm³/mol. The fraction of sp³-hybridized carbons (Fsp3) is 0.278. The molecule has 0 atom stereocenters. The average molecular weight is 382 g/mol. The van der Waals surface area contributed by atoms with E-state index in [2.05, 4.69) is 5.32 Å². The van der Waals surface area contributed by atoms with E-state index in [4.69, 9.17) is 0 Å². The lowest BCUT2D eigenvalue weighted by molar-refractivity contribution is -0.120. The van der Waals surface area contributed by atoms with Gasteiger partial charge in [0.2, 0.25) is 15.9 Å². The lowest BCUT2D eigenvalue weighted by Gasteiger charge is -2.22. The van der Waals surface area contributed by atoms with Gasteiger partial charge in [0, 0.05) is 12.6 Å². The first-order valence-corrected chi connectivity index (χ1v) is 9.76. The molecule has 0 fully saturated rings. The molecule has 0 aliphatic rings. The number of sulfonamides is 1. The summed E-state index contributed by atoms with van der Waals surface area (Å²) >= 11 is 0. The van der Waals surface area contributed by atoms with Crippen LogP contribution in [0.15, 0.2) is 42.5 Å². The van der Waals surface area contributed by atoms with E-state index in [1.54, 1.807) is 0 Å². The Balaban J connectivity index is 1.99. The summed E-state index contributed by atoms with van der Waals surface area (Å²) < 4.78 is 51.2. The third kappa shape index (κ3) is 5.52. The third-order valence-corrected chi connectivity index (χ3v) is 4.87. The van der Waals surface area contributed by atoms with Crippen LogP contribution in [0.25, 0.3) is 0 Å². The smallest absolute Gasteiger partial charge is 0.232 e. The second kappa shape index (κ2) is 8.27. The van der Waals surface area contributed by atoms with Crippen molar-refractivity contribution in [1.82, 2.24) is 5.32 Å². The highest BCUT2D eigenvalue weighted by Gasteiger charge is 2.19. The zero-order valence-corrected chi connectivity index (χ0v) is 15.3. The normalized spacial score (nSPS) is 11.2. The van der Waals surface area contributed by atoms with Crippen LogP contribution in [-0.4, -0.2) is 33.7 Å². The quantitative estimate of drug-likeness (QED) is 0.800. The number of hydrogen-bond acceptors (Lipinski definition) is 3. The van der Waals surface area contributed by atoms with Crippen molar-refractivity contribution in [2.45, 2.75) is 13.3 Å². The van der Waals surface area contributed by atoms with Gasteiger partial charge < -0.3 is 5.32 Å². The minimum atomic E-state index is -3.72. The van der Waals surface area contributed by atoms with E-state index in [1.807, 2.05) is 31.2 Å². The predicted octanol–water partition coefficient (Wildman–Crippen LogP) is 2.40. The molecule has 2 rings (SSSR count). The first-order valence-electron chi connectivity index (χ1n) is 7.92. The molecule has 0 bridgehead atoms. The topological polar surface area (TPSA) is 66.5 Å². The molecule has 140 valence electrons. The number of carbonyl (C=O) groups is 1. The molecule has 0 spiro atoms. The number of amides is 1. The molecule has 0 saturated heterocycles. The summed E-state index contributed by atoms with van der Waals surface area (Å²) in [5.41, 5.74) is 1.89. The molecule has 2 aromatic carbocycles. The van der Waals surface area contributed by atoms with Gasteiger partial charge in [0.15, 0.2) is 11.6 Å². The van der Waals surface area contributed by atoms with Gasteiger partial charge in [0.05, 0.1) is 24.9 Å². The van der Waals surface area contributed by atoms with Gasteiger partial charge in [-0.15, -0.1) is 0 Å². The molecule has 0 aliphatic heterocycles. The van der Waals surface area contributed by atoms with Gasteiger partial charge in [-0.05, 0) is 24.6 Å². The van der Waals surface area contributed by atoms with Crippen molar-refractivity contribution in [2.24, 2.45) is 0 Å². The first kappa shape index (κ1) is 19.8. The fourth-order valence-corrected chi connectivity index (χ4v) is 3.41. The van der Waals surface area contributed by atoms with Gasteiger partial charge in [-0.3, -0.25) is 9.10 Å². The minimum absolute atomic E-state index is 0.000617. The number of rotatable bonds is 7. The summed E-state index contributed by atoms with van der Waals surface area (Å²) in [6.07, 6.45) is 1.13. The molecule has 1 N–H and O–H groups in total. The van der Waals surface area contributed by atoms with Crippen LogP contribution in [-0.2, 0) is 21.2 Å². The van der Waals surface area contributed by atoms with E-state index in [1.165, 1.54) is 6.07 Å². The van der Waals surface area contributed by atoms with Crippen LogP contribution in [0, 0.1) is 18.6 Å². The highest BCUT2D eigenvalue weighted by atomic mass is 32.2. The van der Waals surface area contributed by atoms with Crippen molar-refractivity contribution in [2.75, 3.05) is 23.7 Å². The molecule has 2 aromatic rings. The molecule has 0 aliphatic carbocycles. The molecule has 0 unspecified atom stereocenters. The van der Waals surface area contributed by atoms with Crippen molar-refractivity contribution in [1.29, 1.82) is 0 Å². The monoisotopic (exact) mass is 382 g/mol. The minimum Gasteiger partial charge on any atom is -0.354 e. The Morgan fingerprint density at radius 2 is 1.85 bits per heavy atom. The van der Waals surface area contributed by atoms with Gasteiger partial charge in [-0.1, -0.05) is 29.8 Å². The standard InChI is InChI=1S/C18H20F2N2O3S/c1-13-4-3-5-14(10-13)11-18(23)21-8-9-22(26(2,24)25)15-6-7-16(19)17(20)12-15/h3-7,10,12H,8-9,11H2,1-2H3,(H,21,23). The maximum Gasteiger partial charge on any atom is 0.232 e. The number of halogens is 2.